The Morgan fingerprint density at radius 3 is 2.26 bits per heavy atom. The number of hydrogen-bond donors (Lipinski definition) is 0. The van der Waals surface area contributed by atoms with Crippen LogP contribution in [0.25, 0.3) is 0 Å². The molecule has 1 unspecified atom stereocenters. The van der Waals surface area contributed by atoms with E-state index in [1.54, 1.807) is 0 Å². The summed E-state index contributed by atoms with van der Waals surface area (Å²) in [6, 6.07) is 4.30. The van der Waals surface area contributed by atoms with E-state index in [9.17, 15) is 0 Å². The maximum Gasteiger partial charge on any atom is 0.0785 e. The molecule has 2 aliphatic carbocycles. The van der Waals surface area contributed by atoms with Gasteiger partial charge in [-0.25, -0.2) is 0 Å². The standard InChI is InChI=1S/C17H27NO/c1-15(19-16-9-3-4-10-16)17(11-5-2-6-12-17)18-13-7-8-14-18/h7-8,13-16H,2-6,9-12H2,1H3. The van der Waals surface area contributed by atoms with Crippen molar-refractivity contribution < 1.29 is 4.74 Å². The molecule has 0 saturated heterocycles. The van der Waals surface area contributed by atoms with Crippen LogP contribution in [0, 0.1) is 0 Å². The van der Waals surface area contributed by atoms with Gasteiger partial charge in [0.15, 0.2) is 0 Å². The molecule has 0 amide bonds. The van der Waals surface area contributed by atoms with Gasteiger partial charge < -0.3 is 9.30 Å². The molecule has 0 N–H and O–H groups in total. The number of nitrogens with zero attached hydrogens (tertiary/aromatic N) is 1. The van der Waals surface area contributed by atoms with Crippen molar-refractivity contribution in [3.8, 4) is 0 Å². The first-order chi connectivity index (χ1) is 9.31. The van der Waals surface area contributed by atoms with Gasteiger partial charge in [0.25, 0.3) is 0 Å². The van der Waals surface area contributed by atoms with E-state index in [1.165, 1.54) is 57.8 Å². The van der Waals surface area contributed by atoms with Gasteiger partial charge in [-0.05, 0) is 44.7 Å². The van der Waals surface area contributed by atoms with Crippen molar-refractivity contribution in [2.45, 2.75) is 82.5 Å². The van der Waals surface area contributed by atoms with Gasteiger partial charge in [-0.15, -0.1) is 0 Å². The van der Waals surface area contributed by atoms with Crippen molar-refractivity contribution in [3.05, 3.63) is 24.5 Å². The Kier molecular flexibility index (Phi) is 3.97. The van der Waals surface area contributed by atoms with Crippen LogP contribution in [-0.2, 0) is 10.3 Å². The quantitative estimate of drug-likeness (QED) is 0.778. The van der Waals surface area contributed by atoms with E-state index >= 15 is 0 Å². The molecule has 0 aromatic carbocycles. The van der Waals surface area contributed by atoms with Crippen LogP contribution in [0.3, 0.4) is 0 Å². The summed E-state index contributed by atoms with van der Waals surface area (Å²) in [4.78, 5) is 0. The summed E-state index contributed by atoms with van der Waals surface area (Å²) in [5, 5.41) is 0. The number of rotatable bonds is 4. The smallest absolute Gasteiger partial charge is 0.0785 e. The third-order valence-electron chi connectivity index (χ3n) is 5.29. The lowest BCUT2D eigenvalue weighted by molar-refractivity contribution is -0.0777. The summed E-state index contributed by atoms with van der Waals surface area (Å²) < 4.78 is 8.89. The molecule has 0 radical (unpaired) electrons. The third-order valence-corrected chi connectivity index (χ3v) is 5.29. The normalized spacial score (nSPS) is 25.5. The minimum absolute atomic E-state index is 0.213. The van der Waals surface area contributed by atoms with Crippen LogP contribution in [0.4, 0.5) is 0 Å². The minimum atomic E-state index is 0.213. The lowest BCUT2D eigenvalue weighted by Gasteiger charge is -2.44. The van der Waals surface area contributed by atoms with E-state index in [0.717, 1.165) is 0 Å². The molecular weight excluding hydrogens is 234 g/mol. The largest absolute Gasteiger partial charge is 0.373 e. The fourth-order valence-corrected chi connectivity index (χ4v) is 4.11. The molecule has 1 atom stereocenters. The molecule has 2 fully saturated rings. The van der Waals surface area contributed by atoms with E-state index in [-0.39, 0.29) is 5.54 Å². The maximum atomic E-state index is 6.46. The third kappa shape index (κ3) is 2.60. The van der Waals surface area contributed by atoms with Crippen LogP contribution in [0.15, 0.2) is 24.5 Å². The van der Waals surface area contributed by atoms with E-state index < -0.39 is 0 Å². The van der Waals surface area contributed by atoms with E-state index in [1.807, 2.05) is 0 Å². The second kappa shape index (κ2) is 5.70. The van der Waals surface area contributed by atoms with Crippen molar-refractivity contribution in [1.82, 2.24) is 4.57 Å². The van der Waals surface area contributed by atoms with Crippen LogP contribution in [-0.4, -0.2) is 16.8 Å². The highest BCUT2D eigenvalue weighted by Gasteiger charge is 2.40. The summed E-state index contributed by atoms with van der Waals surface area (Å²) >= 11 is 0. The van der Waals surface area contributed by atoms with Gasteiger partial charge in [-0.3, -0.25) is 0 Å². The Balaban J connectivity index is 1.77. The molecule has 1 aromatic heterocycles. The van der Waals surface area contributed by atoms with Gasteiger partial charge in [0.05, 0.1) is 17.7 Å². The maximum absolute atomic E-state index is 6.46. The molecule has 2 heteroatoms. The summed E-state index contributed by atoms with van der Waals surface area (Å²) in [5.41, 5.74) is 0.213. The van der Waals surface area contributed by atoms with E-state index in [4.69, 9.17) is 4.74 Å². The van der Waals surface area contributed by atoms with Gasteiger partial charge >= 0.3 is 0 Å². The molecule has 0 aliphatic heterocycles. The van der Waals surface area contributed by atoms with Gasteiger partial charge in [-0.1, -0.05) is 32.1 Å². The minimum Gasteiger partial charge on any atom is -0.373 e. The lowest BCUT2D eigenvalue weighted by Crippen LogP contribution is -2.47. The van der Waals surface area contributed by atoms with Crippen molar-refractivity contribution >= 4 is 0 Å². The summed E-state index contributed by atoms with van der Waals surface area (Å²) in [6.07, 6.45) is 17.2. The molecule has 1 aromatic rings. The van der Waals surface area contributed by atoms with Gasteiger partial charge in [-0.2, -0.15) is 0 Å². The van der Waals surface area contributed by atoms with Gasteiger partial charge in [0.1, 0.15) is 0 Å². The number of hydrogen-bond acceptors (Lipinski definition) is 1. The Bertz CT molecular complexity index is 372. The SMILES string of the molecule is CC(OC1CCCC1)C1(n2cccc2)CCCCC1. The first-order valence-electron chi connectivity index (χ1n) is 8.10. The summed E-state index contributed by atoms with van der Waals surface area (Å²) in [5.74, 6) is 0. The molecule has 2 nitrogen and oxygen atoms in total. The lowest BCUT2D eigenvalue weighted by atomic mass is 9.77. The van der Waals surface area contributed by atoms with Crippen molar-refractivity contribution in [1.29, 1.82) is 0 Å². The monoisotopic (exact) mass is 261 g/mol. The van der Waals surface area contributed by atoms with Crippen LogP contribution in [0.1, 0.15) is 64.7 Å². The van der Waals surface area contributed by atoms with Crippen molar-refractivity contribution in [2.75, 3.05) is 0 Å². The Hall–Kier alpha value is -0.760. The highest BCUT2D eigenvalue weighted by molar-refractivity contribution is 5.03. The second-order valence-electron chi connectivity index (χ2n) is 6.44. The average molecular weight is 261 g/mol. The zero-order valence-electron chi connectivity index (χ0n) is 12.2. The highest BCUT2D eigenvalue weighted by atomic mass is 16.5. The van der Waals surface area contributed by atoms with E-state index in [2.05, 4.69) is 36.0 Å². The summed E-state index contributed by atoms with van der Waals surface area (Å²) in [6.45, 7) is 2.31. The van der Waals surface area contributed by atoms with Crippen LogP contribution in [0.5, 0.6) is 0 Å². The zero-order valence-corrected chi connectivity index (χ0v) is 12.2. The first kappa shape index (κ1) is 13.2. The second-order valence-corrected chi connectivity index (χ2v) is 6.44. The first-order valence-corrected chi connectivity index (χ1v) is 8.10. The highest BCUT2D eigenvalue weighted by Crippen LogP contribution is 2.40. The predicted molar refractivity (Wildman–Crippen MR) is 78.3 cm³/mol. The molecule has 19 heavy (non-hydrogen) atoms. The van der Waals surface area contributed by atoms with Crippen LogP contribution in [0.2, 0.25) is 0 Å². The number of ether oxygens (including phenoxy) is 1. The van der Waals surface area contributed by atoms with Crippen molar-refractivity contribution in [3.63, 3.8) is 0 Å². The fraction of sp³-hybridized carbons (Fsp3) is 0.765. The number of aromatic nitrogens is 1. The molecule has 106 valence electrons. The van der Waals surface area contributed by atoms with Crippen molar-refractivity contribution in [2.24, 2.45) is 0 Å². The molecule has 0 bridgehead atoms. The topological polar surface area (TPSA) is 14.2 Å². The Labute approximate surface area is 117 Å². The average Bonchev–Trinajstić information content (AvgIpc) is 3.12. The Morgan fingerprint density at radius 2 is 1.63 bits per heavy atom. The fourth-order valence-electron chi connectivity index (χ4n) is 4.11. The Morgan fingerprint density at radius 1 is 1.00 bits per heavy atom. The van der Waals surface area contributed by atoms with Gasteiger partial charge in [0, 0.05) is 12.4 Å². The molecule has 2 aliphatic rings. The molecule has 3 rings (SSSR count). The molecule has 1 heterocycles. The predicted octanol–water partition coefficient (Wildman–Crippen LogP) is 4.50. The zero-order chi connectivity index (χ0) is 13.1. The summed E-state index contributed by atoms with van der Waals surface area (Å²) in [7, 11) is 0. The molecule has 2 saturated carbocycles. The van der Waals surface area contributed by atoms with Crippen LogP contribution >= 0.6 is 0 Å². The molecule has 0 spiro atoms. The van der Waals surface area contributed by atoms with Crippen LogP contribution < -0.4 is 0 Å². The van der Waals surface area contributed by atoms with E-state index in [0.29, 0.717) is 12.2 Å². The van der Waals surface area contributed by atoms with Gasteiger partial charge in [0.2, 0.25) is 0 Å². The molecular formula is C17H27NO.